The first-order chi connectivity index (χ1) is 9.03. The zero-order valence-corrected chi connectivity index (χ0v) is 11.5. The maximum Gasteiger partial charge on any atom is 0.257 e. The molecule has 5 nitrogen and oxygen atoms in total. The molecule has 0 saturated heterocycles. The third kappa shape index (κ3) is 3.19. The van der Waals surface area contributed by atoms with Crippen LogP contribution in [0.15, 0.2) is 28.8 Å². The lowest BCUT2D eigenvalue weighted by Crippen LogP contribution is -2.39. The zero-order chi connectivity index (χ0) is 13.9. The van der Waals surface area contributed by atoms with Crippen LogP contribution in [0, 0.1) is 6.92 Å². The summed E-state index contributed by atoms with van der Waals surface area (Å²) in [5.41, 5.74) is 7.45. The van der Waals surface area contributed by atoms with Gasteiger partial charge in [0.25, 0.3) is 5.89 Å². The van der Waals surface area contributed by atoms with E-state index in [1.165, 1.54) is 5.56 Å². The molecule has 1 heterocycles. The Hall–Kier alpha value is -1.72. The number of nitrogens with two attached hydrogens (primary N) is 1. The summed E-state index contributed by atoms with van der Waals surface area (Å²) >= 11 is 0. The second-order valence-electron chi connectivity index (χ2n) is 4.84. The smallest absolute Gasteiger partial charge is 0.257 e. The second-order valence-corrected chi connectivity index (χ2v) is 4.84. The highest BCUT2D eigenvalue weighted by atomic mass is 16.5. The van der Waals surface area contributed by atoms with E-state index < -0.39 is 5.54 Å². The SMILES string of the molecule is CCOCC(C)(N)c1noc(-c2ccc(C)cc2)n1. The third-order valence-electron chi connectivity index (χ3n) is 2.84. The summed E-state index contributed by atoms with van der Waals surface area (Å²) in [6, 6.07) is 7.90. The molecule has 0 radical (unpaired) electrons. The summed E-state index contributed by atoms with van der Waals surface area (Å²) in [7, 11) is 0. The highest BCUT2D eigenvalue weighted by molar-refractivity contribution is 5.53. The number of aromatic nitrogens is 2. The predicted molar refractivity (Wildman–Crippen MR) is 72.5 cm³/mol. The molecule has 2 aromatic rings. The maximum absolute atomic E-state index is 6.13. The first kappa shape index (κ1) is 13.7. The molecule has 0 aliphatic heterocycles. The van der Waals surface area contributed by atoms with Crippen LogP contribution < -0.4 is 5.73 Å². The van der Waals surface area contributed by atoms with Crippen molar-refractivity contribution in [3.8, 4) is 11.5 Å². The molecule has 2 N–H and O–H groups in total. The Balaban J connectivity index is 2.21. The Morgan fingerprint density at radius 3 is 2.63 bits per heavy atom. The van der Waals surface area contributed by atoms with Crippen LogP contribution in [0.4, 0.5) is 0 Å². The van der Waals surface area contributed by atoms with E-state index in [2.05, 4.69) is 10.1 Å². The zero-order valence-electron chi connectivity index (χ0n) is 11.5. The Morgan fingerprint density at radius 1 is 1.32 bits per heavy atom. The average Bonchev–Trinajstić information content (AvgIpc) is 2.88. The minimum atomic E-state index is -0.748. The van der Waals surface area contributed by atoms with Gasteiger partial charge in [0.1, 0.15) is 5.54 Å². The number of hydrogen-bond acceptors (Lipinski definition) is 5. The average molecular weight is 261 g/mol. The van der Waals surface area contributed by atoms with Gasteiger partial charge in [0.15, 0.2) is 5.82 Å². The standard InChI is InChI=1S/C14H19N3O2/c1-4-18-9-14(3,15)13-16-12(19-17-13)11-7-5-10(2)6-8-11/h5-8H,4,9,15H2,1-3H3. The van der Waals surface area contributed by atoms with E-state index in [1.54, 1.807) is 0 Å². The van der Waals surface area contributed by atoms with Crippen molar-refractivity contribution in [1.82, 2.24) is 10.1 Å². The van der Waals surface area contributed by atoms with Crippen molar-refractivity contribution in [2.24, 2.45) is 5.73 Å². The van der Waals surface area contributed by atoms with E-state index in [9.17, 15) is 0 Å². The largest absolute Gasteiger partial charge is 0.379 e. The van der Waals surface area contributed by atoms with E-state index in [1.807, 2.05) is 45.0 Å². The number of nitrogens with zero attached hydrogens (tertiary/aromatic N) is 2. The topological polar surface area (TPSA) is 74.2 Å². The van der Waals surface area contributed by atoms with Crippen molar-refractivity contribution < 1.29 is 9.26 Å². The molecule has 2 rings (SSSR count). The Labute approximate surface area is 112 Å². The fourth-order valence-corrected chi connectivity index (χ4v) is 1.65. The van der Waals surface area contributed by atoms with Crippen LogP contribution in [0.2, 0.25) is 0 Å². The van der Waals surface area contributed by atoms with Gasteiger partial charge in [-0.15, -0.1) is 0 Å². The molecule has 0 fully saturated rings. The lowest BCUT2D eigenvalue weighted by atomic mass is 10.1. The molecule has 1 unspecified atom stereocenters. The Morgan fingerprint density at radius 2 is 2.00 bits per heavy atom. The van der Waals surface area contributed by atoms with Crippen LogP contribution in [0.25, 0.3) is 11.5 Å². The van der Waals surface area contributed by atoms with Crippen molar-refractivity contribution >= 4 is 0 Å². The molecule has 0 amide bonds. The molecule has 1 aromatic heterocycles. The van der Waals surface area contributed by atoms with Gasteiger partial charge >= 0.3 is 0 Å². The molecular weight excluding hydrogens is 242 g/mol. The fourth-order valence-electron chi connectivity index (χ4n) is 1.65. The summed E-state index contributed by atoms with van der Waals surface area (Å²) in [4.78, 5) is 4.35. The Kier molecular flexibility index (Phi) is 3.97. The van der Waals surface area contributed by atoms with E-state index in [-0.39, 0.29) is 0 Å². The maximum atomic E-state index is 6.13. The molecule has 0 bridgehead atoms. The van der Waals surface area contributed by atoms with Gasteiger partial charge in [-0.05, 0) is 32.9 Å². The normalized spacial score (nSPS) is 14.3. The van der Waals surface area contributed by atoms with Gasteiger partial charge in [0, 0.05) is 12.2 Å². The summed E-state index contributed by atoms with van der Waals surface area (Å²) in [6.45, 7) is 6.74. The van der Waals surface area contributed by atoms with Crippen LogP contribution in [-0.2, 0) is 10.3 Å². The van der Waals surface area contributed by atoms with Gasteiger partial charge in [0.05, 0.1) is 6.61 Å². The highest BCUT2D eigenvalue weighted by Crippen LogP contribution is 2.21. The van der Waals surface area contributed by atoms with Gasteiger partial charge in [0.2, 0.25) is 0 Å². The minimum Gasteiger partial charge on any atom is -0.379 e. The van der Waals surface area contributed by atoms with Crippen molar-refractivity contribution in [3.05, 3.63) is 35.7 Å². The first-order valence-corrected chi connectivity index (χ1v) is 6.31. The molecule has 1 atom stereocenters. The van der Waals surface area contributed by atoms with Crippen molar-refractivity contribution in [2.75, 3.05) is 13.2 Å². The summed E-state index contributed by atoms with van der Waals surface area (Å²) in [6.07, 6.45) is 0. The van der Waals surface area contributed by atoms with Crippen molar-refractivity contribution in [1.29, 1.82) is 0 Å². The second kappa shape index (κ2) is 5.50. The van der Waals surface area contributed by atoms with Crippen LogP contribution in [-0.4, -0.2) is 23.4 Å². The third-order valence-corrected chi connectivity index (χ3v) is 2.84. The van der Waals surface area contributed by atoms with E-state index in [0.717, 1.165) is 5.56 Å². The number of aryl methyl sites for hydroxylation is 1. The first-order valence-electron chi connectivity index (χ1n) is 6.31. The molecule has 1 aromatic carbocycles. The van der Waals surface area contributed by atoms with Crippen LogP contribution in [0.3, 0.4) is 0 Å². The molecule has 0 aliphatic carbocycles. The van der Waals surface area contributed by atoms with Crippen LogP contribution in [0.5, 0.6) is 0 Å². The molecule has 102 valence electrons. The number of hydrogen-bond donors (Lipinski definition) is 1. The molecule has 5 heteroatoms. The lowest BCUT2D eigenvalue weighted by Gasteiger charge is -2.19. The van der Waals surface area contributed by atoms with Crippen molar-refractivity contribution in [3.63, 3.8) is 0 Å². The minimum absolute atomic E-state index is 0.358. The predicted octanol–water partition coefficient (Wildman–Crippen LogP) is 2.26. The molecule has 0 aliphatic rings. The summed E-state index contributed by atoms with van der Waals surface area (Å²) in [5.74, 6) is 0.930. The molecular formula is C14H19N3O2. The van der Waals surface area contributed by atoms with E-state index >= 15 is 0 Å². The summed E-state index contributed by atoms with van der Waals surface area (Å²) < 4.78 is 10.6. The number of ether oxygens (including phenoxy) is 1. The molecule has 19 heavy (non-hydrogen) atoms. The highest BCUT2D eigenvalue weighted by Gasteiger charge is 2.28. The van der Waals surface area contributed by atoms with Crippen LogP contribution >= 0.6 is 0 Å². The lowest BCUT2D eigenvalue weighted by molar-refractivity contribution is 0.0962. The van der Waals surface area contributed by atoms with Gasteiger partial charge in [-0.2, -0.15) is 4.98 Å². The quantitative estimate of drug-likeness (QED) is 0.893. The monoisotopic (exact) mass is 261 g/mol. The van der Waals surface area contributed by atoms with Crippen molar-refractivity contribution in [2.45, 2.75) is 26.3 Å². The summed E-state index contributed by atoms with van der Waals surface area (Å²) in [5, 5.41) is 3.95. The van der Waals surface area contributed by atoms with Gasteiger partial charge in [-0.25, -0.2) is 0 Å². The Bertz CT molecular complexity index is 532. The van der Waals surface area contributed by atoms with Gasteiger partial charge < -0.3 is 15.0 Å². The van der Waals surface area contributed by atoms with Crippen LogP contribution in [0.1, 0.15) is 25.2 Å². The fraction of sp³-hybridized carbons (Fsp3) is 0.429. The molecule has 0 spiro atoms. The number of rotatable bonds is 5. The number of benzene rings is 1. The molecule has 0 saturated carbocycles. The van der Waals surface area contributed by atoms with E-state index in [4.69, 9.17) is 15.0 Å². The van der Waals surface area contributed by atoms with Gasteiger partial charge in [-0.3, -0.25) is 0 Å². The van der Waals surface area contributed by atoms with Gasteiger partial charge in [-0.1, -0.05) is 22.9 Å². The van der Waals surface area contributed by atoms with E-state index in [0.29, 0.717) is 24.9 Å².